The van der Waals surface area contributed by atoms with Crippen LogP contribution in [-0.4, -0.2) is 18.5 Å². The molecule has 1 aliphatic carbocycles. The van der Waals surface area contributed by atoms with Gasteiger partial charge in [-0.1, -0.05) is 32.4 Å². The third-order valence-electron chi connectivity index (χ3n) is 5.10. The monoisotopic (exact) mass is 286 g/mol. The fraction of sp³-hybridized carbons (Fsp3) is 0.471. The highest BCUT2D eigenvalue weighted by Crippen LogP contribution is 2.57. The molecule has 0 radical (unpaired) electrons. The third kappa shape index (κ3) is 1.71. The second-order valence-electron chi connectivity index (χ2n) is 6.65. The number of carbonyl (C=O) groups is 3. The molecular weight excluding hydrogens is 268 g/mol. The summed E-state index contributed by atoms with van der Waals surface area (Å²) in [5.74, 6) is -0.445. The lowest BCUT2D eigenvalue weighted by molar-refractivity contribution is -0.147. The predicted molar refractivity (Wildman–Crippen MR) is 76.3 cm³/mol. The fourth-order valence-corrected chi connectivity index (χ4v) is 4.11. The van der Waals surface area contributed by atoms with Crippen LogP contribution < -0.4 is 4.74 Å². The molecule has 4 heteroatoms. The first-order chi connectivity index (χ1) is 9.97. The average molecular weight is 286 g/mol. The van der Waals surface area contributed by atoms with Gasteiger partial charge in [-0.25, -0.2) is 0 Å². The van der Waals surface area contributed by atoms with E-state index in [4.69, 9.17) is 4.74 Å². The number of hydrogen-bond donors (Lipinski definition) is 0. The zero-order valence-electron chi connectivity index (χ0n) is 12.2. The first-order valence-electron chi connectivity index (χ1n) is 7.23. The molecule has 0 unspecified atom stereocenters. The van der Waals surface area contributed by atoms with E-state index in [0.29, 0.717) is 23.3 Å². The summed E-state index contributed by atoms with van der Waals surface area (Å²) in [6.07, 6.45) is 3.88. The van der Waals surface area contributed by atoms with Crippen molar-refractivity contribution in [2.24, 2.45) is 11.3 Å². The Morgan fingerprint density at radius 3 is 2.67 bits per heavy atom. The molecule has 2 aliphatic rings. The predicted octanol–water partition coefficient (Wildman–Crippen LogP) is 2.68. The first kappa shape index (κ1) is 14.0. The number of benzene rings is 1. The molecule has 3 rings (SSSR count). The Morgan fingerprint density at radius 2 is 2.00 bits per heavy atom. The molecule has 1 aliphatic heterocycles. The second-order valence-corrected chi connectivity index (χ2v) is 6.65. The fourth-order valence-electron chi connectivity index (χ4n) is 4.11. The van der Waals surface area contributed by atoms with Gasteiger partial charge in [0.2, 0.25) is 0 Å². The normalized spacial score (nSPS) is 29.8. The Bertz CT molecular complexity index is 632. The van der Waals surface area contributed by atoms with E-state index in [0.717, 1.165) is 25.4 Å². The molecule has 1 aromatic rings. The Hall–Kier alpha value is -1.97. The lowest BCUT2D eigenvalue weighted by Gasteiger charge is -2.46. The molecular formula is C17H18O4. The average Bonchev–Trinajstić information content (AvgIpc) is 2.71. The van der Waals surface area contributed by atoms with Gasteiger partial charge in [0.05, 0.1) is 0 Å². The number of carbonyl (C=O) groups excluding carboxylic acids is 3. The van der Waals surface area contributed by atoms with E-state index in [9.17, 15) is 14.4 Å². The lowest BCUT2D eigenvalue weighted by Crippen LogP contribution is -2.51. The molecule has 1 spiro atoms. The minimum atomic E-state index is -1.00. The van der Waals surface area contributed by atoms with Gasteiger partial charge in [-0.2, -0.15) is 0 Å². The van der Waals surface area contributed by atoms with Crippen LogP contribution in [0, 0.1) is 11.3 Å². The molecule has 1 aromatic carbocycles. The van der Waals surface area contributed by atoms with Crippen LogP contribution in [0.1, 0.15) is 49.0 Å². The lowest BCUT2D eigenvalue weighted by atomic mass is 9.54. The van der Waals surface area contributed by atoms with Crippen LogP contribution in [0.25, 0.3) is 0 Å². The van der Waals surface area contributed by atoms with E-state index in [1.54, 1.807) is 18.2 Å². The molecule has 1 heterocycles. The van der Waals surface area contributed by atoms with Crippen LogP contribution >= 0.6 is 0 Å². The molecule has 21 heavy (non-hydrogen) atoms. The number of fused-ring (bicyclic) bond motifs is 2. The summed E-state index contributed by atoms with van der Waals surface area (Å²) in [6, 6.07) is 5.07. The highest BCUT2D eigenvalue weighted by molar-refractivity contribution is 5.98. The zero-order valence-corrected chi connectivity index (χ0v) is 12.2. The van der Waals surface area contributed by atoms with E-state index in [1.165, 1.54) is 0 Å². The maximum absolute atomic E-state index is 12.6. The van der Waals surface area contributed by atoms with Gasteiger partial charge in [0.1, 0.15) is 17.5 Å². The summed E-state index contributed by atoms with van der Waals surface area (Å²) < 4.78 is 5.41. The van der Waals surface area contributed by atoms with E-state index in [-0.39, 0.29) is 5.41 Å². The second kappa shape index (κ2) is 4.52. The van der Waals surface area contributed by atoms with Crippen molar-refractivity contribution in [2.45, 2.75) is 38.5 Å². The van der Waals surface area contributed by atoms with E-state index < -0.39 is 17.3 Å². The number of aldehydes is 2. The summed E-state index contributed by atoms with van der Waals surface area (Å²) in [4.78, 5) is 35.8. The van der Waals surface area contributed by atoms with Crippen molar-refractivity contribution >= 4 is 18.5 Å². The molecule has 0 bridgehead atoms. The summed E-state index contributed by atoms with van der Waals surface area (Å²) in [6.45, 7) is 4.00. The summed E-state index contributed by atoms with van der Waals surface area (Å²) >= 11 is 0. The van der Waals surface area contributed by atoms with Gasteiger partial charge >= 0.3 is 5.97 Å². The summed E-state index contributed by atoms with van der Waals surface area (Å²) in [5.41, 5.74) is -0.245. The molecule has 1 fully saturated rings. The Kier molecular flexibility index (Phi) is 3.01. The van der Waals surface area contributed by atoms with Crippen LogP contribution in [0.2, 0.25) is 0 Å². The van der Waals surface area contributed by atoms with Gasteiger partial charge in [0.25, 0.3) is 0 Å². The SMILES string of the molecule is CC1(C)CCC[C@@]2(C(=O)Oc3cccc(C=O)c32)[C@H]1C=O. The molecule has 0 amide bonds. The van der Waals surface area contributed by atoms with Gasteiger partial charge in [0, 0.05) is 17.0 Å². The Balaban J connectivity index is 2.29. The van der Waals surface area contributed by atoms with Crippen LogP contribution in [0.15, 0.2) is 18.2 Å². The summed E-state index contributed by atoms with van der Waals surface area (Å²) in [7, 11) is 0. The van der Waals surface area contributed by atoms with E-state index >= 15 is 0 Å². The number of esters is 1. The van der Waals surface area contributed by atoms with Crippen LogP contribution in [0.3, 0.4) is 0 Å². The quantitative estimate of drug-likeness (QED) is 0.476. The molecule has 1 saturated carbocycles. The van der Waals surface area contributed by atoms with Crippen LogP contribution in [-0.2, 0) is 15.0 Å². The smallest absolute Gasteiger partial charge is 0.322 e. The Labute approximate surface area is 123 Å². The number of rotatable bonds is 2. The standard InChI is InChI=1S/C17H18O4/c1-16(2)7-4-8-17(13(16)10-19)14-11(9-18)5-3-6-12(14)21-15(17)20/h3,5-6,9-10,13H,4,7-8H2,1-2H3/t13-,17+/m0/s1. The van der Waals surface area contributed by atoms with Crippen molar-refractivity contribution in [3.05, 3.63) is 29.3 Å². The van der Waals surface area contributed by atoms with Gasteiger partial charge in [-0.3, -0.25) is 9.59 Å². The van der Waals surface area contributed by atoms with Gasteiger partial charge in [0.15, 0.2) is 6.29 Å². The molecule has 0 aromatic heterocycles. The summed E-state index contributed by atoms with van der Waals surface area (Å²) in [5, 5.41) is 0. The van der Waals surface area contributed by atoms with Crippen LogP contribution in [0.4, 0.5) is 0 Å². The molecule has 0 N–H and O–H groups in total. The first-order valence-corrected chi connectivity index (χ1v) is 7.23. The zero-order chi connectivity index (χ0) is 15.3. The van der Waals surface area contributed by atoms with Crippen molar-refractivity contribution in [3.8, 4) is 5.75 Å². The molecule has 4 nitrogen and oxygen atoms in total. The third-order valence-corrected chi connectivity index (χ3v) is 5.10. The molecule has 2 atom stereocenters. The van der Waals surface area contributed by atoms with Crippen molar-refractivity contribution in [3.63, 3.8) is 0 Å². The minimum Gasteiger partial charge on any atom is -0.425 e. The van der Waals surface area contributed by atoms with Crippen LogP contribution in [0.5, 0.6) is 5.75 Å². The van der Waals surface area contributed by atoms with Crippen molar-refractivity contribution in [2.75, 3.05) is 0 Å². The van der Waals surface area contributed by atoms with Gasteiger partial charge in [-0.15, -0.1) is 0 Å². The highest BCUT2D eigenvalue weighted by Gasteiger charge is 2.60. The minimum absolute atomic E-state index is 0.295. The maximum atomic E-state index is 12.6. The molecule has 110 valence electrons. The maximum Gasteiger partial charge on any atom is 0.322 e. The number of hydrogen-bond acceptors (Lipinski definition) is 4. The van der Waals surface area contributed by atoms with Gasteiger partial charge < -0.3 is 9.53 Å². The number of ether oxygens (including phenoxy) is 1. The van der Waals surface area contributed by atoms with Crippen molar-refractivity contribution < 1.29 is 19.1 Å². The van der Waals surface area contributed by atoms with Crippen molar-refractivity contribution in [1.29, 1.82) is 0 Å². The Morgan fingerprint density at radius 1 is 1.24 bits per heavy atom. The molecule has 0 saturated heterocycles. The topological polar surface area (TPSA) is 60.4 Å². The van der Waals surface area contributed by atoms with E-state index in [1.807, 2.05) is 13.8 Å². The largest absolute Gasteiger partial charge is 0.425 e. The van der Waals surface area contributed by atoms with Gasteiger partial charge in [-0.05, 0) is 24.3 Å². The highest BCUT2D eigenvalue weighted by atomic mass is 16.5. The van der Waals surface area contributed by atoms with E-state index in [2.05, 4.69) is 0 Å². The van der Waals surface area contributed by atoms with Crippen molar-refractivity contribution in [1.82, 2.24) is 0 Å².